The number of carbonyl (C=O) groups is 1. The molecular formula is C17H19BrFN2O+. The Morgan fingerprint density at radius 3 is 2.55 bits per heavy atom. The van der Waals surface area contributed by atoms with Crippen molar-refractivity contribution in [2.75, 3.05) is 18.9 Å². The summed E-state index contributed by atoms with van der Waals surface area (Å²) in [4.78, 5) is 12.9. The molecule has 0 aliphatic carbocycles. The van der Waals surface area contributed by atoms with E-state index in [1.54, 1.807) is 12.1 Å². The summed E-state index contributed by atoms with van der Waals surface area (Å²) >= 11 is 3.23. The van der Waals surface area contributed by atoms with Gasteiger partial charge in [0.05, 0.1) is 7.05 Å². The van der Waals surface area contributed by atoms with E-state index in [-0.39, 0.29) is 18.3 Å². The number of nitrogens with one attached hydrogen (secondary N) is 2. The van der Waals surface area contributed by atoms with Gasteiger partial charge in [-0.1, -0.05) is 33.6 Å². The molecule has 2 aromatic rings. The van der Waals surface area contributed by atoms with Crippen LogP contribution in [0.3, 0.4) is 0 Å². The normalized spacial score (nSPS) is 12.0. The van der Waals surface area contributed by atoms with Gasteiger partial charge >= 0.3 is 0 Å². The van der Waals surface area contributed by atoms with Crippen molar-refractivity contribution in [1.29, 1.82) is 0 Å². The molecule has 22 heavy (non-hydrogen) atoms. The Kier molecular flexibility index (Phi) is 5.69. The minimum atomic E-state index is -0.257. The lowest BCUT2D eigenvalue weighted by Crippen LogP contribution is -3.08. The second kappa shape index (κ2) is 7.51. The summed E-state index contributed by atoms with van der Waals surface area (Å²) in [6.45, 7) is 2.74. The Morgan fingerprint density at radius 2 is 1.91 bits per heavy atom. The zero-order valence-corrected chi connectivity index (χ0v) is 14.2. The predicted molar refractivity (Wildman–Crippen MR) is 89.4 cm³/mol. The molecular weight excluding hydrogens is 347 g/mol. The third-order valence-corrected chi connectivity index (χ3v) is 3.80. The van der Waals surface area contributed by atoms with Crippen LogP contribution in [-0.4, -0.2) is 19.5 Å². The standard InChI is InChI=1S/C17H18BrFN2O/c1-12-3-7-15(8-4-12)20-17(22)11-21(2)10-13-5-6-14(18)9-16(13)19/h3-9H,10-11H2,1-2H3,(H,20,22)/p+1. The molecule has 0 spiro atoms. The Hall–Kier alpha value is -1.72. The van der Waals surface area contributed by atoms with Crippen molar-refractivity contribution in [2.24, 2.45) is 0 Å². The van der Waals surface area contributed by atoms with Crippen LogP contribution >= 0.6 is 15.9 Å². The number of likely N-dealkylation sites (N-methyl/N-ethyl adjacent to an activating group) is 1. The van der Waals surface area contributed by atoms with Gasteiger partial charge in [-0.05, 0) is 37.3 Å². The highest BCUT2D eigenvalue weighted by molar-refractivity contribution is 9.10. The van der Waals surface area contributed by atoms with E-state index in [1.165, 1.54) is 6.07 Å². The monoisotopic (exact) mass is 365 g/mol. The second-order valence-corrected chi connectivity index (χ2v) is 6.38. The average Bonchev–Trinajstić information content (AvgIpc) is 2.44. The molecule has 0 radical (unpaired) electrons. The molecule has 0 aliphatic heterocycles. The van der Waals surface area contributed by atoms with E-state index in [0.29, 0.717) is 16.6 Å². The highest BCUT2D eigenvalue weighted by Gasteiger charge is 2.13. The molecule has 2 N–H and O–H groups in total. The number of hydrogen-bond acceptors (Lipinski definition) is 1. The number of amides is 1. The van der Waals surface area contributed by atoms with Gasteiger partial charge in [0.15, 0.2) is 6.54 Å². The highest BCUT2D eigenvalue weighted by atomic mass is 79.9. The van der Waals surface area contributed by atoms with Gasteiger partial charge in [0.25, 0.3) is 5.91 Å². The van der Waals surface area contributed by atoms with Crippen molar-refractivity contribution in [3.05, 3.63) is 63.9 Å². The molecule has 1 atom stereocenters. The van der Waals surface area contributed by atoms with Crippen LogP contribution in [0.2, 0.25) is 0 Å². The lowest BCUT2D eigenvalue weighted by atomic mass is 10.2. The van der Waals surface area contributed by atoms with E-state index in [2.05, 4.69) is 21.2 Å². The van der Waals surface area contributed by atoms with Gasteiger partial charge < -0.3 is 10.2 Å². The number of quaternary nitrogens is 1. The molecule has 0 fully saturated rings. The minimum Gasteiger partial charge on any atom is -0.326 e. The van der Waals surface area contributed by atoms with E-state index < -0.39 is 0 Å². The summed E-state index contributed by atoms with van der Waals surface area (Å²) in [7, 11) is 1.87. The summed E-state index contributed by atoms with van der Waals surface area (Å²) in [6, 6.07) is 12.6. The summed E-state index contributed by atoms with van der Waals surface area (Å²) in [5.41, 5.74) is 2.52. The molecule has 0 aliphatic rings. The zero-order chi connectivity index (χ0) is 16.1. The number of benzene rings is 2. The van der Waals surface area contributed by atoms with Crippen LogP contribution in [0.4, 0.5) is 10.1 Å². The minimum absolute atomic E-state index is 0.0844. The van der Waals surface area contributed by atoms with Gasteiger partial charge in [-0.2, -0.15) is 0 Å². The van der Waals surface area contributed by atoms with Crippen LogP contribution < -0.4 is 10.2 Å². The lowest BCUT2D eigenvalue weighted by Gasteiger charge is -2.14. The van der Waals surface area contributed by atoms with Gasteiger partial charge in [0, 0.05) is 15.7 Å². The third kappa shape index (κ3) is 4.93. The number of rotatable bonds is 5. The molecule has 116 valence electrons. The number of anilines is 1. The number of aryl methyl sites for hydroxylation is 1. The van der Waals surface area contributed by atoms with E-state index >= 15 is 0 Å². The molecule has 0 saturated carbocycles. The van der Waals surface area contributed by atoms with Crippen molar-refractivity contribution in [3.8, 4) is 0 Å². The molecule has 0 heterocycles. The van der Waals surface area contributed by atoms with Crippen LogP contribution in [0.5, 0.6) is 0 Å². The van der Waals surface area contributed by atoms with E-state index in [1.807, 2.05) is 38.2 Å². The van der Waals surface area contributed by atoms with Gasteiger partial charge in [0.2, 0.25) is 0 Å². The summed E-state index contributed by atoms with van der Waals surface area (Å²) < 4.78 is 14.5. The predicted octanol–water partition coefficient (Wildman–Crippen LogP) is 2.55. The maximum atomic E-state index is 13.8. The second-order valence-electron chi connectivity index (χ2n) is 5.46. The molecule has 0 aromatic heterocycles. The fourth-order valence-corrected chi connectivity index (χ4v) is 2.50. The Labute approximate surface area is 138 Å². The first-order valence-electron chi connectivity index (χ1n) is 7.06. The van der Waals surface area contributed by atoms with Crippen LogP contribution in [-0.2, 0) is 11.3 Å². The van der Waals surface area contributed by atoms with E-state index in [0.717, 1.165) is 16.2 Å². The molecule has 3 nitrogen and oxygen atoms in total. The zero-order valence-electron chi connectivity index (χ0n) is 12.6. The first-order valence-corrected chi connectivity index (χ1v) is 7.85. The van der Waals surface area contributed by atoms with Crippen LogP contribution in [0.15, 0.2) is 46.9 Å². The maximum Gasteiger partial charge on any atom is 0.279 e. The van der Waals surface area contributed by atoms with Gasteiger partial charge in [0.1, 0.15) is 12.4 Å². The van der Waals surface area contributed by atoms with Crippen molar-refractivity contribution in [2.45, 2.75) is 13.5 Å². The fourth-order valence-electron chi connectivity index (χ4n) is 2.17. The van der Waals surface area contributed by atoms with Crippen molar-refractivity contribution >= 4 is 27.5 Å². The largest absolute Gasteiger partial charge is 0.326 e. The fraction of sp³-hybridized carbons (Fsp3) is 0.235. The smallest absolute Gasteiger partial charge is 0.279 e. The Morgan fingerprint density at radius 1 is 1.23 bits per heavy atom. The Balaban J connectivity index is 1.89. The number of carbonyl (C=O) groups excluding carboxylic acids is 1. The number of halogens is 2. The Bertz CT molecular complexity index is 658. The van der Waals surface area contributed by atoms with E-state index in [9.17, 15) is 9.18 Å². The highest BCUT2D eigenvalue weighted by Crippen LogP contribution is 2.14. The molecule has 1 amide bonds. The van der Waals surface area contributed by atoms with Crippen LogP contribution in [0.25, 0.3) is 0 Å². The lowest BCUT2D eigenvalue weighted by molar-refractivity contribution is -0.885. The first kappa shape index (κ1) is 16.6. The topological polar surface area (TPSA) is 33.5 Å². The molecule has 0 saturated heterocycles. The third-order valence-electron chi connectivity index (χ3n) is 3.30. The van der Waals surface area contributed by atoms with E-state index in [4.69, 9.17) is 0 Å². The van der Waals surface area contributed by atoms with Crippen molar-refractivity contribution in [1.82, 2.24) is 0 Å². The molecule has 5 heteroatoms. The van der Waals surface area contributed by atoms with Gasteiger partial charge in [-0.15, -0.1) is 0 Å². The van der Waals surface area contributed by atoms with Crippen LogP contribution in [0.1, 0.15) is 11.1 Å². The molecule has 2 aromatic carbocycles. The van der Waals surface area contributed by atoms with Crippen molar-refractivity contribution in [3.63, 3.8) is 0 Å². The first-order chi connectivity index (χ1) is 10.4. The van der Waals surface area contributed by atoms with Gasteiger partial charge in [-0.25, -0.2) is 4.39 Å². The number of hydrogen-bond donors (Lipinski definition) is 2. The quantitative estimate of drug-likeness (QED) is 0.838. The van der Waals surface area contributed by atoms with Gasteiger partial charge in [-0.3, -0.25) is 4.79 Å². The SMILES string of the molecule is Cc1ccc(NC(=O)C[NH+](C)Cc2ccc(Br)cc2F)cc1. The van der Waals surface area contributed by atoms with Crippen LogP contribution in [0, 0.1) is 12.7 Å². The molecule has 0 bridgehead atoms. The van der Waals surface area contributed by atoms with Crippen molar-refractivity contribution < 1.29 is 14.1 Å². The summed E-state index contributed by atoms with van der Waals surface area (Å²) in [5.74, 6) is -0.341. The maximum absolute atomic E-state index is 13.8. The summed E-state index contributed by atoms with van der Waals surface area (Å²) in [6.07, 6.45) is 0. The average molecular weight is 366 g/mol. The summed E-state index contributed by atoms with van der Waals surface area (Å²) in [5, 5.41) is 2.85. The molecule has 2 rings (SSSR count). The molecule has 1 unspecified atom stereocenters.